The molecule has 134 valence electrons. The molecule has 0 unspecified atom stereocenters. The Morgan fingerprint density at radius 1 is 1.08 bits per heavy atom. The molecule has 3 aromatic carbocycles. The predicted molar refractivity (Wildman–Crippen MR) is 99.0 cm³/mol. The van der Waals surface area contributed by atoms with Crippen LogP contribution in [-0.4, -0.2) is 24.0 Å². The van der Waals surface area contributed by atoms with Crippen molar-refractivity contribution in [3.05, 3.63) is 59.7 Å². The summed E-state index contributed by atoms with van der Waals surface area (Å²) >= 11 is 0. The Bertz CT molecular complexity index is 1140. The van der Waals surface area contributed by atoms with E-state index in [2.05, 4.69) is 5.32 Å². The Morgan fingerprint density at radius 3 is 2.46 bits per heavy atom. The average Bonchev–Trinajstić information content (AvgIpc) is 2.56. The molecular weight excluding hydrogens is 356 g/mol. The fourth-order valence-electron chi connectivity index (χ4n) is 2.57. The van der Waals surface area contributed by atoms with Crippen molar-refractivity contribution < 1.29 is 22.9 Å². The van der Waals surface area contributed by atoms with E-state index in [9.17, 15) is 18.3 Å². The number of nitrogens with two attached hydrogens (primary N) is 1. The van der Waals surface area contributed by atoms with Crippen molar-refractivity contribution in [2.24, 2.45) is 0 Å². The molecule has 5 N–H and O–H groups in total. The third-order valence-corrected chi connectivity index (χ3v) is 4.84. The van der Waals surface area contributed by atoms with Crippen molar-refractivity contribution in [1.29, 1.82) is 0 Å². The normalized spacial score (nSPS) is 11.5. The maximum absolute atomic E-state index is 12.4. The Labute approximate surface area is 149 Å². The summed E-state index contributed by atoms with van der Waals surface area (Å²) in [7, 11) is -4.37. The maximum Gasteiger partial charge on any atom is 0.294 e. The van der Waals surface area contributed by atoms with Gasteiger partial charge < -0.3 is 16.2 Å². The number of anilines is 2. The second-order valence-corrected chi connectivity index (χ2v) is 7.30. The van der Waals surface area contributed by atoms with Gasteiger partial charge in [-0.1, -0.05) is 6.07 Å². The molecule has 8 heteroatoms. The fraction of sp³-hybridized carbons (Fsp3) is 0.0556. The second kappa shape index (κ2) is 6.32. The third-order valence-electron chi connectivity index (χ3n) is 3.99. The highest BCUT2D eigenvalue weighted by Gasteiger charge is 2.13. The van der Waals surface area contributed by atoms with Crippen molar-refractivity contribution in [1.82, 2.24) is 0 Å². The molecule has 0 bridgehead atoms. The number of phenols is 1. The van der Waals surface area contributed by atoms with Crippen LogP contribution in [0.25, 0.3) is 10.8 Å². The van der Waals surface area contributed by atoms with E-state index in [-0.39, 0.29) is 21.9 Å². The van der Waals surface area contributed by atoms with Gasteiger partial charge in [-0.05, 0) is 54.3 Å². The number of hydrogen-bond acceptors (Lipinski definition) is 5. The topological polar surface area (TPSA) is 130 Å². The zero-order valence-electron chi connectivity index (χ0n) is 13.7. The number of aromatic hydroxyl groups is 1. The van der Waals surface area contributed by atoms with E-state index in [0.29, 0.717) is 22.3 Å². The lowest BCUT2D eigenvalue weighted by molar-refractivity contribution is 0.102. The number of benzene rings is 3. The summed E-state index contributed by atoms with van der Waals surface area (Å²) in [5, 5.41) is 13.6. The SMILES string of the molecule is Cc1cc(C(=O)Nc2cc(O)c3cc(S(=O)(=O)O)ccc3c2)ccc1N. The number of rotatable bonds is 3. The molecule has 1 amide bonds. The van der Waals surface area contributed by atoms with Gasteiger partial charge >= 0.3 is 0 Å². The summed E-state index contributed by atoms with van der Waals surface area (Å²) < 4.78 is 31.5. The first kappa shape index (κ1) is 17.7. The molecule has 0 aliphatic heterocycles. The molecule has 3 rings (SSSR count). The van der Waals surface area contributed by atoms with Gasteiger partial charge in [-0.3, -0.25) is 9.35 Å². The molecule has 0 fully saturated rings. The summed E-state index contributed by atoms with van der Waals surface area (Å²) in [6, 6.07) is 11.6. The highest BCUT2D eigenvalue weighted by atomic mass is 32.2. The van der Waals surface area contributed by atoms with Crippen LogP contribution in [0.2, 0.25) is 0 Å². The Hall–Kier alpha value is -3.10. The van der Waals surface area contributed by atoms with Gasteiger partial charge in [0.25, 0.3) is 16.0 Å². The molecule has 3 aromatic rings. The highest BCUT2D eigenvalue weighted by molar-refractivity contribution is 7.85. The number of hydrogen-bond donors (Lipinski definition) is 4. The molecule has 0 aliphatic rings. The smallest absolute Gasteiger partial charge is 0.294 e. The van der Waals surface area contributed by atoms with Crippen LogP contribution in [-0.2, 0) is 10.1 Å². The molecule has 0 saturated carbocycles. The van der Waals surface area contributed by atoms with E-state index in [4.69, 9.17) is 10.3 Å². The molecule has 0 saturated heterocycles. The summed E-state index contributed by atoms with van der Waals surface area (Å²) in [4.78, 5) is 12.0. The molecule has 0 heterocycles. The van der Waals surface area contributed by atoms with Crippen LogP contribution in [0.1, 0.15) is 15.9 Å². The number of nitrogens with one attached hydrogen (secondary N) is 1. The van der Waals surface area contributed by atoms with Crippen molar-refractivity contribution in [2.75, 3.05) is 11.1 Å². The number of amides is 1. The number of phenolic OH excluding ortho intramolecular Hbond substituents is 1. The summed E-state index contributed by atoms with van der Waals surface area (Å²) in [5.41, 5.74) is 7.86. The second-order valence-electron chi connectivity index (χ2n) is 5.88. The van der Waals surface area contributed by atoms with Crippen LogP contribution in [0.15, 0.2) is 53.4 Å². The first-order chi connectivity index (χ1) is 12.1. The molecule has 0 atom stereocenters. The minimum atomic E-state index is -4.37. The number of carbonyl (C=O) groups excluding carboxylic acids is 1. The Morgan fingerprint density at radius 2 is 1.81 bits per heavy atom. The first-order valence-electron chi connectivity index (χ1n) is 7.57. The molecule has 7 nitrogen and oxygen atoms in total. The Balaban J connectivity index is 1.96. The average molecular weight is 372 g/mol. The largest absolute Gasteiger partial charge is 0.507 e. The molecule has 0 aliphatic carbocycles. The quantitative estimate of drug-likeness (QED) is 0.413. The van der Waals surface area contributed by atoms with Gasteiger partial charge in [0, 0.05) is 28.4 Å². The zero-order valence-corrected chi connectivity index (χ0v) is 14.5. The lowest BCUT2D eigenvalue weighted by Crippen LogP contribution is -2.12. The molecule has 0 radical (unpaired) electrons. The maximum atomic E-state index is 12.4. The summed E-state index contributed by atoms with van der Waals surface area (Å²) in [6.45, 7) is 1.79. The van der Waals surface area contributed by atoms with Gasteiger partial charge in [0.15, 0.2) is 0 Å². The van der Waals surface area contributed by atoms with Gasteiger partial charge in [0.2, 0.25) is 0 Å². The molecule has 26 heavy (non-hydrogen) atoms. The molecule has 0 spiro atoms. The van der Waals surface area contributed by atoms with Crippen molar-refractivity contribution in [2.45, 2.75) is 11.8 Å². The minimum Gasteiger partial charge on any atom is -0.507 e. The van der Waals surface area contributed by atoms with E-state index in [1.807, 2.05) is 0 Å². The number of nitrogen functional groups attached to an aromatic ring is 1. The highest BCUT2D eigenvalue weighted by Crippen LogP contribution is 2.31. The van der Waals surface area contributed by atoms with E-state index in [1.165, 1.54) is 18.2 Å². The molecule has 0 aromatic heterocycles. The monoisotopic (exact) mass is 372 g/mol. The van der Waals surface area contributed by atoms with Crippen LogP contribution in [0.4, 0.5) is 11.4 Å². The van der Waals surface area contributed by atoms with Gasteiger partial charge in [-0.2, -0.15) is 8.42 Å². The van der Waals surface area contributed by atoms with Gasteiger partial charge in [-0.25, -0.2) is 0 Å². The Kier molecular flexibility index (Phi) is 4.31. The lowest BCUT2D eigenvalue weighted by atomic mass is 10.1. The third kappa shape index (κ3) is 3.46. The standard InChI is InChI=1S/C18H16N2O5S/c1-10-6-12(3-5-16(10)19)18(22)20-13-7-11-2-4-14(26(23,24)25)9-15(11)17(21)8-13/h2-9,21H,19H2,1H3,(H,20,22)(H,23,24,25). The minimum absolute atomic E-state index is 0.225. The van der Waals surface area contributed by atoms with Crippen LogP contribution >= 0.6 is 0 Å². The number of aryl methyl sites for hydroxylation is 1. The van der Waals surface area contributed by atoms with Crippen LogP contribution in [0.5, 0.6) is 5.75 Å². The van der Waals surface area contributed by atoms with Crippen LogP contribution in [0.3, 0.4) is 0 Å². The summed E-state index contributed by atoms with van der Waals surface area (Å²) in [6.07, 6.45) is 0. The number of fused-ring (bicyclic) bond motifs is 1. The number of carbonyl (C=O) groups is 1. The van der Waals surface area contributed by atoms with E-state index < -0.39 is 10.1 Å². The van der Waals surface area contributed by atoms with Crippen molar-refractivity contribution in [3.8, 4) is 5.75 Å². The fourth-order valence-corrected chi connectivity index (χ4v) is 3.08. The van der Waals surface area contributed by atoms with Crippen LogP contribution in [0, 0.1) is 6.92 Å². The van der Waals surface area contributed by atoms with E-state index in [0.717, 1.165) is 11.6 Å². The van der Waals surface area contributed by atoms with E-state index >= 15 is 0 Å². The van der Waals surface area contributed by atoms with E-state index in [1.54, 1.807) is 31.2 Å². The molecular formula is C18H16N2O5S. The first-order valence-corrected chi connectivity index (χ1v) is 9.01. The summed E-state index contributed by atoms with van der Waals surface area (Å²) in [5.74, 6) is -0.599. The van der Waals surface area contributed by atoms with Gasteiger partial charge in [-0.15, -0.1) is 0 Å². The van der Waals surface area contributed by atoms with Crippen molar-refractivity contribution >= 4 is 38.2 Å². The van der Waals surface area contributed by atoms with Gasteiger partial charge in [0.05, 0.1) is 4.90 Å². The lowest BCUT2D eigenvalue weighted by Gasteiger charge is -2.10. The van der Waals surface area contributed by atoms with Gasteiger partial charge in [0.1, 0.15) is 5.75 Å². The van der Waals surface area contributed by atoms with Crippen LogP contribution < -0.4 is 11.1 Å². The predicted octanol–water partition coefficient (Wildman–Crippen LogP) is 2.94. The van der Waals surface area contributed by atoms with Crippen molar-refractivity contribution in [3.63, 3.8) is 0 Å². The zero-order chi connectivity index (χ0) is 19.1.